The molecule has 0 saturated heterocycles. The molecule has 1 atom stereocenters. The molecule has 1 aromatic carbocycles. The Labute approximate surface area is 117 Å². The van der Waals surface area contributed by atoms with Gasteiger partial charge in [0, 0.05) is 18.0 Å². The van der Waals surface area contributed by atoms with Gasteiger partial charge in [-0.1, -0.05) is 24.6 Å². The highest BCUT2D eigenvalue weighted by Crippen LogP contribution is 2.20. The fraction of sp³-hybridized carbons (Fsp3) is 0.625. The molecule has 0 bridgehead atoms. The lowest BCUT2D eigenvalue weighted by Gasteiger charge is -2.30. The summed E-state index contributed by atoms with van der Waals surface area (Å²) in [4.78, 5) is 0. The average Bonchev–Trinajstić information content (AvgIpc) is 2.28. The largest absolute Gasteiger partial charge is 0.307 e. The van der Waals surface area contributed by atoms with Gasteiger partial charge in [-0.05, 0) is 57.2 Å². The van der Waals surface area contributed by atoms with Crippen LogP contribution in [-0.4, -0.2) is 11.4 Å². The lowest BCUT2D eigenvalue weighted by atomic mass is 9.93. The minimum atomic E-state index is 0.144. The van der Waals surface area contributed by atoms with Crippen molar-refractivity contribution < 1.29 is 0 Å². The molecule has 0 saturated carbocycles. The molecular weight excluding hydrogens is 242 g/mol. The lowest BCUT2D eigenvalue weighted by Crippen LogP contribution is -2.41. The summed E-state index contributed by atoms with van der Waals surface area (Å²) in [7, 11) is 0. The van der Waals surface area contributed by atoms with Crippen molar-refractivity contribution in [1.29, 1.82) is 0 Å². The highest BCUT2D eigenvalue weighted by molar-refractivity contribution is 6.17. The topological polar surface area (TPSA) is 12.0 Å². The van der Waals surface area contributed by atoms with Gasteiger partial charge >= 0.3 is 0 Å². The fourth-order valence-corrected chi connectivity index (χ4v) is 2.81. The summed E-state index contributed by atoms with van der Waals surface area (Å²) in [6, 6.07) is 4.52. The number of hydrogen-bond acceptors (Lipinski definition) is 1. The summed E-state index contributed by atoms with van der Waals surface area (Å²) in [6.45, 7) is 12.0. The highest BCUT2D eigenvalue weighted by Gasteiger charge is 2.20. The van der Waals surface area contributed by atoms with Gasteiger partial charge in [0.2, 0.25) is 0 Å². The Bertz CT molecular complexity index is 377. The molecule has 0 aliphatic carbocycles. The van der Waals surface area contributed by atoms with Crippen LogP contribution in [0, 0.1) is 20.8 Å². The van der Waals surface area contributed by atoms with E-state index in [0.717, 1.165) is 19.4 Å². The number of hydrogen-bond donors (Lipinski definition) is 1. The number of halogens is 1. The molecule has 0 aromatic heterocycles. The van der Waals surface area contributed by atoms with Crippen molar-refractivity contribution in [2.24, 2.45) is 0 Å². The zero-order valence-corrected chi connectivity index (χ0v) is 13.1. The van der Waals surface area contributed by atoms with Gasteiger partial charge in [-0.3, -0.25) is 0 Å². The smallest absolute Gasteiger partial charge is 0.0240 e. The normalized spacial score (nSPS) is 14.6. The molecule has 0 spiro atoms. The van der Waals surface area contributed by atoms with Crippen LogP contribution < -0.4 is 5.32 Å². The van der Waals surface area contributed by atoms with E-state index in [1.165, 1.54) is 22.3 Å². The maximum absolute atomic E-state index is 5.89. The third kappa shape index (κ3) is 4.00. The summed E-state index contributed by atoms with van der Waals surface area (Å²) < 4.78 is 0. The molecule has 2 heteroatoms. The molecule has 0 fully saturated rings. The molecule has 0 heterocycles. The minimum Gasteiger partial charge on any atom is -0.307 e. The number of rotatable bonds is 6. The van der Waals surface area contributed by atoms with Crippen LogP contribution in [0.3, 0.4) is 0 Å². The maximum atomic E-state index is 5.89. The summed E-state index contributed by atoms with van der Waals surface area (Å²) in [5, 5.41) is 3.68. The molecule has 1 aromatic rings. The monoisotopic (exact) mass is 267 g/mol. The van der Waals surface area contributed by atoms with Gasteiger partial charge in [-0.15, -0.1) is 11.6 Å². The average molecular weight is 268 g/mol. The molecule has 0 radical (unpaired) electrons. The molecule has 0 aliphatic rings. The molecule has 1 unspecified atom stereocenters. The maximum Gasteiger partial charge on any atom is 0.0240 e. The Kier molecular flexibility index (Phi) is 5.68. The molecule has 0 amide bonds. The number of nitrogens with one attached hydrogen (secondary N) is 1. The van der Waals surface area contributed by atoms with Gasteiger partial charge in [-0.2, -0.15) is 0 Å². The zero-order valence-electron chi connectivity index (χ0n) is 12.4. The number of aryl methyl sites for hydroxylation is 3. The SMILES string of the molecule is CCC(C)(CCCl)NCc1c(C)cc(C)cc1C. The van der Waals surface area contributed by atoms with Crippen molar-refractivity contribution in [2.75, 3.05) is 5.88 Å². The van der Waals surface area contributed by atoms with Crippen LogP contribution >= 0.6 is 11.6 Å². The molecule has 18 heavy (non-hydrogen) atoms. The van der Waals surface area contributed by atoms with Crippen molar-refractivity contribution in [2.45, 2.75) is 59.5 Å². The third-order valence-electron chi connectivity index (χ3n) is 3.96. The van der Waals surface area contributed by atoms with Gasteiger partial charge < -0.3 is 5.32 Å². The predicted octanol–water partition coefficient (Wildman–Crippen LogP) is 4.50. The lowest BCUT2D eigenvalue weighted by molar-refractivity contribution is 0.330. The minimum absolute atomic E-state index is 0.144. The van der Waals surface area contributed by atoms with Gasteiger partial charge in [0.15, 0.2) is 0 Å². The Balaban J connectivity index is 2.80. The van der Waals surface area contributed by atoms with Crippen LogP contribution in [0.1, 0.15) is 48.9 Å². The molecule has 102 valence electrons. The van der Waals surface area contributed by atoms with E-state index in [1.807, 2.05) is 0 Å². The fourth-order valence-electron chi connectivity index (χ4n) is 2.39. The second-order valence-corrected chi connectivity index (χ2v) is 5.96. The van der Waals surface area contributed by atoms with Crippen LogP contribution in [0.2, 0.25) is 0 Å². The van der Waals surface area contributed by atoms with E-state index < -0.39 is 0 Å². The van der Waals surface area contributed by atoms with Crippen molar-refractivity contribution in [3.63, 3.8) is 0 Å². The molecule has 0 aliphatic heterocycles. The zero-order chi connectivity index (χ0) is 13.8. The first-order chi connectivity index (χ1) is 8.41. The summed E-state index contributed by atoms with van der Waals surface area (Å²) in [6.07, 6.45) is 2.11. The highest BCUT2D eigenvalue weighted by atomic mass is 35.5. The van der Waals surface area contributed by atoms with Crippen molar-refractivity contribution in [1.82, 2.24) is 5.32 Å². The van der Waals surface area contributed by atoms with Crippen molar-refractivity contribution in [3.8, 4) is 0 Å². The Morgan fingerprint density at radius 1 is 1.17 bits per heavy atom. The standard InChI is InChI=1S/C16H26ClN/c1-6-16(5,7-8-17)18-11-15-13(3)9-12(2)10-14(15)4/h9-10,18H,6-8,11H2,1-5H3. The van der Waals surface area contributed by atoms with Crippen LogP contribution in [0.25, 0.3) is 0 Å². The Morgan fingerprint density at radius 2 is 1.72 bits per heavy atom. The van der Waals surface area contributed by atoms with Crippen molar-refractivity contribution in [3.05, 3.63) is 34.4 Å². The first kappa shape index (κ1) is 15.5. The Hall–Kier alpha value is -0.530. The van der Waals surface area contributed by atoms with Gasteiger partial charge in [0.05, 0.1) is 0 Å². The molecule has 1 nitrogen and oxygen atoms in total. The van der Waals surface area contributed by atoms with Gasteiger partial charge in [0.25, 0.3) is 0 Å². The molecule has 1 N–H and O–H groups in total. The van der Waals surface area contributed by atoms with Crippen LogP contribution in [0.5, 0.6) is 0 Å². The van der Waals surface area contributed by atoms with E-state index in [4.69, 9.17) is 11.6 Å². The van der Waals surface area contributed by atoms with Gasteiger partial charge in [0.1, 0.15) is 0 Å². The van der Waals surface area contributed by atoms with E-state index in [0.29, 0.717) is 5.88 Å². The van der Waals surface area contributed by atoms with Crippen LogP contribution in [0.4, 0.5) is 0 Å². The quantitative estimate of drug-likeness (QED) is 0.749. The summed E-state index contributed by atoms with van der Waals surface area (Å²) in [5.74, 6) is 0.712. The molecular formula is C16H26ClN. The van der Waals surface area contributed by atoms with E-state index >= 15 is 0 Å². The van der Waals surface area contributed by atoms with E-state index in [-0.39, 0.29) is 5.54 Å². The first-order valence-electron chi connectivity index (χ1n) is 6.79. The second-order valence-electron chi connectivity index (χ2n) is 5.58. The van der Waals surface area contributed by atoms with Crippen LogP contribution in [-0.2, 0) is 6.54 Å². The van der Waals surface area contributed by atoms with Gasteiger partial charge in [-0.25, -0.2) is 0 Å². The first-order valence-corrected chi connectivity index (χ1v) is 7.33. The molecule has 1 rings (SSSR count). The second kappa shape index (κ2) is 6.58. The third-order valence-corrected chi connectivity index (χ3v) is 4.15. The summed E-state index contributed by atoms with van der Waals surface area (Å²) >= 11 is 5.89. The van der Waals surface area contributed by atoms with E-state index in [2.05, 4.69) is 52.1 Å². The Morgan fingerprint density at radius 3 is 2.17 bits per heavy atom. The van der Waals surface area contributed by atoms with Crippen molar-refractivity contribution >= 4 is 11.6 Å². The summed E-state index contributed by atoms with van der Waals surface area (Å²) in [5.41, 5.74) is 5.67. The van der Waals surface area contributed by atoms with Crippen LogP contribution in [0.15, 0.2) is 12.1 Å². The van der Waals surface area contributed by atoms with E-state index in [1.54, 1.807) is 0 Å². The number of alkyl halides is 1. The van der Waals surface area contributed by atoms with E-state index in [9.17, 15) is 0 Å². The predicted molar refractivity (Wildman–Crippen MR) is 81.5 cm³/mol. The number of benzene rings is 1.